The normalized spacial score (nSPS) is 15.8. The fourth-order valence-corrected chi connectivity index (χ4v) is 10.3. The molecule has 0 spiro atoms. The fourth-order valence-electron chi connectivity index (χ4n) is 10.3. The molecule has 0 saturated carbocycles. The number of aromatic nitrogens is 8. The number of amides is 2. The molecule has 0 radical (unpaired) electrons. The summed E-state index contributed by atoms with van der Waals surface area (Å²) in [4.78, 5) is 43.0. The molecule has 1 fully saturated rings. The predicted octanol–water partition coefficient (Wildman–Crippen LogP) is 5.97. The van der Waals surface area contributed by atoms with Crippen LogP contribution in [-0.2, 0) is 48.1 Å². The SMILES string of the molecule is CCN(CC)CC(=O)N1CC=C(c2cnc(CCc3c(F)ccc4c3CCO4)n3cnnc23)CC1.CCN(CC)CC(=O)N1CCC(c2cnc(CCc3c(F)ccc4c3CCO4)n3cnnc23)CC1. The number of likely N-dealkylation sites (N-methyl/N-ethyl adjacent to an activating group) is 2. The van der Waals surface area contributed by atoms with E-state index in [9.17, 15) is 18.4 Å². The molecule has 370 valence electrons. The van der Waals surface area contributed by atoms with Crippen LogP contribution in [0.25, 0.3) is 16.9 Å². The van der Waals surface area contributed by atoms with Gasteiger partial charge in [0, 0.05) is 86.5 Å². The summed E-state index contributed by atoms with van der Waals surface area (Å²) in [7, 11) is 0. The van der Waals surface area contributed by atoms with Gasteiger partial charge in [0.05, 0.1) is 26.3 Å². The lowest BCUT2D eigenvalue weighted by atomic mass is 9.90. The number of carbonyl (C=O) groups excluding carboxylic acids is 2. The summed E-state index contributed by atoms with van der Waals surface area (Å²) in [6.07, 6.45) is 15.4. The van der Waals surface area contributed by atoms with Crippen molar-refractivity contribution in [3.05, 3.63) is 112 Å². The summed E-state index contributed by atoms with van der Waals surface area (Å²) < 4.78 is 44.2. The summed E-state index contributed by atoms with van der Waals surface area (Å²) in [6.45, 7) is 16.7. The Morgan fingerprint density at radius 2 is 1.19 bits per heavy atom. The van der Waals surface area contributed by atoms with Gasteiger partial charge in [0.15, 0.2) is 11.3 Å². The molecule has 4 aliphatic rings. The largest absolute Gasteiger partial charge is 0.493 e. The number of fused-ring (bicyclic) bond motifs is 4. The van der Waals surface area contributed by atoms with Crippen LogP contribution in [0.15, 0.2) is 55.4 Å². The molecule has 4 aliphatic heterocycles. The molecule has 2 aromatic carbocycles. The number of nitrogens with zero attached hydrogens (tertiary/aromatic N) is 12. The van der Waals surface area contributed by atoms with E-state index in [-0.39, 0.29) is 29.4 Å². The molecule has 6 aromatic rings. The highest BCUT2D eigenvalue weighted by Gasteiger charge is 2.28. The molecular weight excluding hydrogens is 895 g/mol. The van der Waals surface area contributed by atoms with Crippen molar-refractivity contribution in [2.75, 3.05) is 78.7 Å². The van der Waals surface area contributed by atoms with E-state index >= 15 is 0 Å². The number of likely N-dealkylation sites (tertiary alicyclic amines) is 1. The minimum atomic E-state index is -0.196. The number of hydrogen-bond acceptors (Lipinski definition) is 12. The smallest absolute Gasteiger partial charge is 0.237 e. The number of benzene rings is 2. The van der Waals surface area contributed by atoms with E-state index < -0.39 is 0 Å². The minimum Gasteiger partial charge on any atom is -0.493 e. The van der Waals surface area contributed by atoms with Crippen molar-refractivity contribution in [2.24, 2.45) is 0 Å². The van der Waals surface area contributed by atoms with Crippen LogP contribution < -0.4 is 9.47 Å². The summed E-state index contributed by atoms with van der Waals surface area (Å²) >= 11 is 0. The second-order valence-electron chi connectivity index (χ2n) is 18.4. The Labute approximate surface area is 407 Å². The van der Waals surface area contributed by atoms with Gasteiger partial charge >= 0.3 is 0 Å². The number of ether oxygens (including phenoxy) is 2. The number of piperidine rings is 1. The molecule has 0 unspecified atom stereocenters. The summed E-state index contributed by atoms with van der Waals surface area (Å²) in [5.74, 6) is 3.45. The zero-order valence-corrected chi connectivity index (χ0v) is 40.9. The molecule has 18 heteroatoms. The Hall–Kier alpha value is -6.40. The summed E-state index contributed by atoms with van der Waals surface area (Å²) in [6, 6.07) is 6.40. The third-order valence-electron chi connectivity index (χ3n) is 14.6. The van der Waals surface area contributed by atoms with Gasteiger partial charge in [0.1, 0.15) is 47.4 Å². The van der Waals surface area contributed by atoms with Gasteiger partial charge in [0.2, 0.25) is 11.8 Å². The van der Waals surface area contributed by atoms with E-state index in [1.807, 2.05) is 31.0 Å². The predicted molar refractivity (Wildman–Crippen MR) is 261 cm³/mol. The maximum atomic E-state index is 14.6. The first kappa shape index (κ1) is 48.6. The minimum absolute atomic E-state index is 0.162. The first-order valence-corrected chi connectivity index (χ1v) is 25.1. The Morgan fingerprint density at radius 1 is 0.657 bits per heavy atom. The van der Waals surface area contributed by atoms with Crippen LogP contribution in [0.2, 0.25) is 0 Å². The lowest BCUT2D eigenvalue weighted by Crippen LogP contribution is -2.43. The molecule has 10 rings (SSSR count). The zero-order chi connectivity index (χ0) is 48.7. The van der Waals surface area contributed by atoms with Crippen LogP contribution in [0.5, 0.6) is 11.5 Å². The maximum absolute atomic E-state index is 14.6. The average molecular weight is 959 g/mol. The van der Waals surface area contributed by atoms with Gasteiger partial charge in [-0.2, -0.15) is 0 Å². The van der Waals surface area contributed by atoms with Crippen molar-refractivity contribution in [1.82, 2.24) is 58.8 Å². The molecule has 2 amide bonds. The van der Waals surface area contributed by atoms with E-state index in [0.29, 0.717) is 76.2 Å². The molecule has 70 heavy (non-hydrogen) atoms. The van der Waals surface area contributed by atoms with Crippen LogP contribution >= 0.6 is 0 Å². The van der Waals surface area contributed by atoms with Crippen molar-refractivity contribution in [1.29, 1.82) is 0 Å². The summed E-state index contributed by atoms with van der Waals surface area (Å²) in [5.41, 5.74) is 8.04. The second kappa shape index (κ2) is 22.1. The Morgan fingerprint density at radius 3 is 1.73 bits per heavy atom. The van der Waals surface area contributed by atoms with Gasteiger partial charge in [-0.3, -0.25) is 28.2 Å². The van der Waals surface area contributed by atoms with E-state index in [1.165, 1.54) is 12.1 Å². The monoisotopic (exact) mass is 959 g/mol. The highest BCUT2D eigenvalue weighted by molar-refractivity contribution is 5.81. The molecule has 0 N–H and O–H groups in total. The Kier molecular flexibility index (Phi) is 15.4. The lowest BCUT2D eigenvalue weighted by molar-refractivity contribution is -0.133. The van der Waals surface area contributed by atoms with Crippen molar-refractivity contribution in [3.8, 4) is 11.5 Å². The highest BCUT2D eigenvalue weighted by Crippen LogP contribution is 2.34. The van der Waals surface area contributed by atoms with Gasteiger partial charge in [-0.15, -0.1) is 20.4 Å². The second-order valence-corrected chi connectivity index (χ2v) is 18.4. The van der Waals surface area contributed by atoms with Gasteiger partial charge in [0.25, 0.3) is 0 Å². The number of halogens is 2. The third kappa shape index (κ3) is 10.4. The third-order valence-corrected chi connectivity index (χ3v) is 14.6. The molecule has 1 saturated heterocycles. The first-order valence-electron chi connectivity index (χ1n) is 25.1. The average Bonchev–Trinajstić information content (AvgIpc) is 4.25. The van der Waals surface area contributed by atoms with Crippen LogP contribution in [0.3, 0.4) is 0 Å². The van der Waals surface area contributed by atoms with Crippen LogP contribution in [0, 0.1) is 11.6 Å². The van der Waals surface area contributed by atoms with Crippen molar-refractivity contribution in [3.63, 3.8) is 0 Å². The van der Waals surface area contributed by atoms with Gasteiger partial charge in [-0.1, -0.05) is 33.8 Å². The van der Waals surface area contributed by atoms with Gasteiger partial charge in [-0.05, 0) is 105 Å². The molecule has 0 atom stereocenters. The lowest BCUT2D eigenvalue weighted by Gasteiger charge is -2.33. The van der Waals surface area contributed by atoms with Gasteiger partial charge in [-0.25, -0.2) is 18.7 Å². The van der Waals surface area contributed by atoms with E-state index in [1.54, 1.807) is 24.8 Å². The van der Waals surface area contributed by atoms with E-state index in [4.69, 9.17) is 19.4 Å². The van der Waals surface area contributed by atoms with Crippen LogP contribution in [-0.4, -0.2) is 149 Å². The molecule has 8 heterocycles. The Bertz CT molecular complexity index is 2850. The van der Waals surface area contributed by atoms with E-state index in [2.05, 4.69) is 64.0 Å². The molecule has 4 aromatic heterocycles. The highest BCUT2D eigenvalue weighted by atomic mass is 19.1. The van der Waals surface area contributed by atoms with Crippen molar-refractivity contribution >= 4 is 28.7 Å². The first-order chi connectivity index (χ1) is 34.2. The molecule has 0 bridgehead atoms. The number of aryl methyl sites for hydroxylation is 2. The molecule has 0 aliphatic carbocycles. The number of hydrogen-bond donors (Lipinski definition) is 0. The molecule has 16 nitrogen and oxygen atoms in total. The van der Waals surface area contributed by atoms with Gasteiger partial charge < -0.3 is 19.3 Å². The zero-order valence-electron chi connectivity index (χ0n) is 40.9. The Balaban J connectivity index is 0.000000174. The van der Waals surface area contributed by atoms with Crippen LogP contribution in [0.1, 0.15) is 97.9 Å². The number of carbonyl (C=O) groups is 2. The molecular formula is C52H64F2N12O4. The number of rotatable bonds is 16. The van der Waals surface area contributed by atoms with Crippen molar-refractivity contribution < 1.29 is 27.8 Å². The fraction of sp³-hybridized carbons (Fsp3) is 0.500. The van der Waals surface area contributed by atoms with E-state index in [0.717, 1.165) is 134 Å². The quantitative estimate of drug-likeness (QED) is 0.112. The maximum Gasteiger partial charge on any atom is 0.237 e. The topological polar surface area (TPSA) is 152 Å². The summed E-state index contributed by atoms with van der Waals surface area (Å²) in [5, 5.41) is 17.0. The van der Waals surface area contributed by atoms with Crippen LogP contribution in [0.4, 0.5) is 8.78 Å². The van der Waals surface area contributed by atoms with Crippen molar-refractivity contribution in [2.45, 2.75) is 91.4 Å². The standard InChI is InChI=1S/C26H33FN6O2.C26H31FN6O2/c2*1-3-31(4-2)16-25(34)32-12-9-18(10-13-32)21-15-28-24(33-17-29-30-26(21)33)8-5-19-20-11-14-35-23(20)7-6-22(19)27/h6-7,15,17-18H,3-5,8-14,16H2,1-2H3;6-7,9,15,17H,3-5,8,10-14,16H2,1-2H3.